The minimum Gasteiger partial charge on any atom is -0.374 e. The van der Waals surface area contributed by atoms with Crippen molar-refractivity contribution < 1.29 is 19.1 Å². The fourth-order valence-corrected chi connectivity index (χ4v) is 3.50. The molecule has 2 N–H and O–H groups in total. The smallest absolute Gasteiger partial charge is 0.344 e. The number of carbonyl (C=O) groups excluding carboxylic acids is 3. The summed E-state index contributed by atoms with van der Waals surface area (Å²) in [4.78, 5) is 37.5. The van der Waals surface area contributed by atoms with Crippen molar-refractivity contribution in [2.24, 2.45) is 5.92 Å². The maximum Gasteiger partial charge on any atom is 0.344 e. The van der Waals surface area contributed by atoms with Crippen LogP contribution in [0.1, 0.15) is 62.4 Å². The molecule has 1 aliphatic heterocycles. The van der Waals surface area contributed by atoms with Gasteiger partial charge in [0.1, 0.15) is 5.54 Å². The van der Waals surface area contributed by atoms with Crippen molar-refractivity contribution >= 4 is 17.8 Å². The lowest BCUT2D eigenvalue weighted by atomic mass is 9.77. The van der Waals surface area contributed by atoms with Crippen LogP contribution in [0.5, 0.6) is 0 Å². The van der Waals surface area contributed by atoms with Crippen LogP contribution < -0.4 is 10.7 Å². The number of carbonyl (C=O) groups is 3. The first-order valence-corrected chi connectivity index (χ1v) is 9.49. The Bertz CT molecular complexity index is 721. The third kappa shape index (κ3) is 4.13. The van der Waals surface area contributed by atoms with E-state index in [1.54, 1.807) is 24.3 Å². The van der Waals surface area contributed by atoms with Crippen molar-refractivity contribution in [3.63, 3.8) is 0 Å². The molecule has 1 saturated carbocycles. The van der Waals surface area contributed by atoms with Crippen molar-refractivity contribution in [1.82, 2.24) is 15.8 Å². The Morgan fingerprint density at radius 1 is 1.26 bits per heavy atom. The molecule has 3 rings (SSSR count). The monoisotopic (exact) mass is 373 g/mol. The Labute approximate surface area is 159 Å². The Kier molecular flexibility index (Phi) is 5.51. The van der Waals surface area contributed by atoms with E-state index < -0.39 is 17.5 Å². The van der Waals surface area contributed by atoms with Gasteiger partial charge in [0, 0.05) is 5.56 Å². The molecule has 146 valence electrons. The van der Waals surface area contributed by atoms with Crippen molar-refractivity contribution in [2.75, 3.05) is 0 Å². The molecule has 0 bridgehead atoms. The van der Waals surface area contributed by atoms with Gasteiger partial charge in [-0.2, -0.15) is 5.01 Å². The minimum atomic E-state index is -0.866. The van der Waals surface area contributed by atoms with Gasteiger partial charge < -0.3 is 10.1 Å². The second-order valence-electron chi connectivity index (χ2n) is 7.83. The van der Waals surface area contributed by atoms with Gasteiger partial charge in [-0.15, -0.1) is 0 Å². The summed E-state index contributed by atoms with van der Waals surface area (Å²) in [6.07, 6.45) is 3.11. The predicted octanol–water partition coefficient (Wildman–Crippen LogP) is 2.76. The van der Waals surface area contributed by atoms with Gasteiger partial charge in [-0.3, -0.25) is 15.0 Å². The number of ether oxygens (including phenoxy) is 1. The molecular formula is C20H27N3O4. The molecule has 7 nitrogen and oxygen atoms in total. The molecule has 4 amide bonds. The van der Waals surface area contributed by atoms with Gasteiger partial charge in [-0.25, -0.2) is 4.79 Å². The Hall–Kier alpha value is -2.41. The SMILES string of the molecule is CC1CCC2(CC1)NC(=O)N(NC(=O)c1ccc(COC(C)C)cc1)C2=O. The van der Waals surface area contributed by atoms with E-state index in [0.29, 0.717) is 30.9 Å². The summed E-state index contributed by atoms with van der Waals surface area (Å²) in [5.41, 5.74) is 2.91. The normalized spacial score (nSPS) is 25.2. The molecule has 0 radical (unpaired) electrons. The van der Waals surface area contributed by atoms with E-state index in [2.05, 4.69) is 17.7 Å². The first kappa shape index (κ1) is 19.4. The number of hydrazine groups is 1. The summed E-state index contributed by atoms with van der Waals surface area (Å²) >= 11 is 0. The fourth-order valence-electron chi connectivity index (χ4n) is 3.50. The second-order valence-corrected chi connectivity index (χ2v) is 7.83. The van der Waals surface area contributed by atoms with Crippen molar-refractivity contribution in [3.8, 4) is 0 Å². The molecule has 1 heterocycles. The standard InChI is InChI=1S/C20H27N3O4/c1-13(2)27-12-15-4-6-16(7-5-15)17(24)22-23-18(25)20(21-19(23)26)10-8-14(3)9-11-20/h4-7,13-14H,8-12H2,1-3H3,(H,21,26)(H,22,24). The van der Waals surface area contributed by atoms with Crippen LogP contribution in [-0.2, 0) is 16.1 Å². The van der Waals surface area contributed by atoms with E-state index in [1.807, 2.05) is 13.8 Å². The van der Waals surface area contributed by atoms with E-state index in [9.17, 15) is 14.4 Å². The fraction of sp³-hybridized carbons (Fsp3) is 0.550. The largest absolute Gasteiger partial charge is 0.374 e. The molecule has 1 aromatic rings. The lowest BCUT2D eigenvalue weighted by molar-refractivity contribution is -0.134. The third-order valence-corrected chi connectivity index (χ3v) is 5.30. The summed E-state index contributed by atoms with van der Waals surface area (Å²) < 4.78 is 5.53. The Morgan fingerprint density at radius 2 is 1.89 bits per heavy atom. The average Bonchev–Trinajstić information content (AvgIpc) is 2.87. The summed E-state index contributed by atoms with van der Waals surface area (Å²) in [6, 6.07) is 6.35. The number of imide groups is 1. The molecule has 0 aromatic heterocycles. The average molecular weight is 373 g/mol. The van der Waals surface area contributed by atoms with Crippen LogP contribution in [0.3, 0.4) is 0 Å². The van der Waals surface area contributed by atoms with E-state index >= 15 is 0 Å². The highest BCUT2D eigenvalue weighted by Gasteiger charge is 2.52. The molecule has 1 spiro atoms. The zero-order valence-electron chi connectivity index (χ0n) is 16.1. The van der Waals surface area contributed by atoms with E-state index in [4.69, 9.17) is 4.74 Å². The second kappa shape index (κ2) is 7.68. The van der Waals surface area contributed by atoms with Crippen LogP contribution in [0.4, 0.5) is 4.79 Å². The van der Waals surface area contributed by atoms with Crippen LogP contribution in [-0.4, -0.2) is 34.5 Å². The summed E-state index contributed by atoms with van der Waals surface area (Å²) in [6.45, 7) is 6.52. The van der Waals surface area contributed by atoms with Gasteiger partial charge in [0.15, 0.2) is 0 Å². The van der Waals surface area contributed by atoms with Crippen LogP contribution in [0.15, 0.2) is 24.3 Å². The van der Waals surface area contributed by atoms with Gasteiger partial charge in [-0.05, 0) is 63.1 Å². The van der Waals surface area contributed by atoms with Crippen LogP contribution in [0.25, 0.3) is 0 Å². The maximum atomic E-state index is 12.8. The minimum absolute atomic E-state index is 0.128. The molecule has 2 fully saturated rings. The van der Waals surface area contributed by atoms with Gasteiger partial charge in [-0.1, -0.05) is 19.1 Å². The first-order valence-electron chi connectivity index (χ1n) is 9.49. The zero-order valence-corrected chi connectivity index (χ0v) is 16.1. The van der Waals surface area contributed by atoms with Gasteiger partial charge in [0.25, 0.3) is 11.8 Å². The van der Waals surface area contributed by atoms with Crippen LogP contribution in [0, 0.1) is 5.92 Å². The summed E-state index contributed by atoms with van der Waals surface area (Å²) in [5.74, 6) is -0.312. The number of urea groups is 1. The predicted molar refractivity (Wildman–Crippen MR) is 99.6 cm³/mol. The number of amides is 4. The topological polar surface area (TPSA) is 87.7 Å². The van der Waals surface area contributed by atoms with Gasteiger partial charge >= 0.3 is 6.03 Å². The number of hydrogen-bond donors (Lipinski definition) is 2. The van der Waals surface area contributed by atoms with Gasteiger partial charge in [0.2, 0.25) is 0 Å². The Balaban J connectivity index is 1.63. The molecule has 27 heavy (non-hydrogen) atoms. The van der Waals surface area contributed by atoms with Crippen molar-refractivity contribution in [2.45, 2.75) is 64.7 Å². The number of benzene rings is 1. The van der Waals surface area contributed by atoms with Crippen molar-refractivity contribution in [3.05, 3.63) is 35.4 Å². The zero-order chi connectivity index (χ0) is 19.6. The van der Waals surface area contributed by atoms with E-state index in [1.165, 1.54) is 0 Å². The van der Waals surface area contributed by atoms with Gasteiger partial charge in [0.05, 0.1) is 12.7 Å². The first-order chi connectivity index (χ1) is 12.8. The van der Waals surface area contributed by atoms with E-state index in [0.717, 1.165) is 23.4 Å². The van der Waals surface area contributed by atoms with Crippen molar-refractivity contribution in [1.29, 1.82) is 0 Å². The number of nitrogens with one attached hydrogen (secondary N) is 2. The highest BCUT2D eigenvalue weighted by molar-refractivity contribution is 6.09. The summed E-state index contributed by atoms with van der Waals surface area (Å²) in [5, 5.41) is 3.62. The van der Waals surface area contributed by atoms with E-state index in [-0.39, 0.29) is 12.0 Å². The number of hydrogen-bond acceptors (Lipinski definition) is 4. The highest BCUT2D eigenvalue weighted by Crippen LogP contribution is 2.35. The lowest BCUT2D eigenvalue weighted by Crippen LogP contribution is -2.51. The number of rotatable bonds is 5. The molecule has 0 unspecified atom stereocenters. The molecule has 2 aliphatic rings. The lowest BCUT2D eigenvalue weighted by Gasteiger charge is -2.33. The quantitative estimate of drug-likeness (QED) is 0.777. The van der Waals surface area contributed by atoms with Crippen LogP contribution in [0.2, 0.25) is 0 Å². The Morgan fingerprint density at radius 3 is 2.48 bits per heavy atom. The summed E-state index contributed by atoms with van der Waals surface area (Å²) in [7, 11) is 0. The number of nitrogens with zero attached hydrogens (tertiary/aromatic N) is 1. The molecule has 1 aliphatic carbocycles. The van der Waals surface area contributed by atoms with Crippen LogP contribution >= 0.6 is 0 Å². The highest BCUT2D eigenvalue weighted by atomic mass is 16.5. The molecule has 1 saturated heterocycles. The molecule has 1 aromatic carbocycles. The third-order valence-electron chi connectivity index (χ3n) is 5.30. The molecular weight excluding hydrogens is 346 g/mol. The molecule has 0 atom stereocenters. The molecule has 7 heteroatoms. The maximum absolute atomic E-state index is 12.8.